The van der Waals surface area contributed by atoms with Crippen LogP contribution >= 0.6 is 0 Å². The molecule has 0 amide bonds. The first kappa shape index (κ1) is 13.1. The molecule has 0 spiro atoms. The van der Waals surface area contributed by atoms with Crippen LogP contribution in [0.1, 0.15) is 22.5 Å². The molecule has 1 aromatic carbocycles. The lowest BCUT2D eigenvalue weighted by molar-refractivity contribution is 0.242. The van der Waals surface area contributed by atoms with Crippen molar-refractivity contribution in [2.45, 2.75) is 33.3 Å². The van der Waals surface area contributed by atoms with Gasteiger partial charge < -0.3 is 10.5 Å². The molecule has 2 heterocycles. The van der Waals surface area contributed by atoms with Crippen molar-refractivity contribution in [1.29, 1.82) is 0 Å². The number of nitrogens with zero attached hydrogens (tertiary/aromatic N) is 2. The third kappa shape index (κ3) is 2.16. The molecule has 0 aliphatic carbocycles. The van der Waals surface area contributed by atoms with Crippen molar-refractivity contribution in [2.24, 2.45) is 5.73 Å². The fraction of sp³-hybridized carbons (Fsp3) is 0.375. The molecular weight excluding hydrogens is 250 g/mol. The van der Waals surface area contributed by atoms with Gasteiger partial charge in [0, 0.05) is 24.7 Å². The minimum Gasteiger partial charge on any atom is -0.488 e. The van der Waals surface area contributed by atoms with Gasteiger partial charge in [-0.2, -0.15) is 0 Å². The van der Waals surface area contributed by atoms with Crippen LogP contribution in [0.25, 0.3) is 11.3 Å². The summed E-state index contributed by atoms with van der Waals surface area (Å²) in [5, 5.41) is 0. The maximum Gasteiger partial charge on any atom is 0.132 e. The molecule has 0 radical (unpaired) electrons. The SMILES string of the molecule is Cc1cc2c(c(-c3nc(C)cnc3C)c1)O[C@@H](CN)C2. The summed E-state index contributed by atoms with van der Waals surface area (Å²) in [6.07, 6.45) is 2.74. The number of nitrogens with two attached hydrogens (primary N) is 1. The molecule has 1 aliphatic heterocycles. The lowest BCUT2D eigenvalue weighted by Crippen LogP contribution is -2.24. The molecule has 104 valence electrons. The fourth-order valence-corrected chi connectivity index (χ4v) is 2.69. The largest absolute Gasteiger partial charge is 0.488 e. The van der Waals surface area contributed by atoms with Gasteiger partial charge >= 0.3 is 0 Å². The average Bonchev–Trinajstić information content (AvgIpc) is 2.83. The fourth-order valence-electron chi connectivity index (χ4n) is 2.69. The third-order valence-corrected chi connectivity index (χ3v) is 3.64. The highest BCUT2D eigenvalue weighted by molar-refractivity contribution is 5.72. The van der Waals surface area contributed by atoms with E-state index in [1.165, 1.54) is 11.1 Å². The molecule has 4 nitrogen and oxygen atoms in total. The van der Waals surface area contributed by atoms with E-state index in [9.17, 15) is 0 Å². The molecule has 1 aromatic heterocycles. The molecule has 0 unspecified atom stereocenters. The molecule has 3 rings (SSSR count). The molecule has 1 atom stereocenters. The number of fused-ring (bicyclic) bond motifs is 1. The van der Waals surface area contributed by atoms with Crippen LogP contribution in [0.15, 0.2) is 18.3 Å². The lowest BCUT2D eigenvalue weighted by atomic mass is 10.00. The second-order valence-corrected chi connectivity index (χ2v) is 5.43. The van der Waals surface area contributed by atoms with Crippen molar-refractivity contribution in [3.63, 3.8) is 0 Å². The van der Waals surface area contributed by atoms with Gasteiger partial charge in [-0.15, -0.1) is 0 Å². The van der Waals surface area contributed by atoms with Gasteiger partial charge in [-0.05, 0) is 38.0 Å². The van der Waals surface area contributed by atoms with Crippen molar-refractivity contribution >= 4 is 0 Å². The Labute approximate surface area is 119 Å². The predicted molar refractivity (Wildman–Crippen MR) is 78.9 cm³/mol. The zero-order chi connectivity index (χ0) is 14.3. The molecule has 2 N–H and O–H groups in total. The van der Waals surface area contributed by atoms with E-state index in [2.05, 4.69) is 29.0 Å². The minimum absolute atomic E-state index is 0.0728. The number of ether oxygens (including phenoxy) is 1. The van der Waals surface area contributed by atoms with Gasteiger partial charge in [-0.1, -0.05) is 6.07 Å². The van der Waals surface area contributed by atoms with Crippen LogP contribution in [0.4, 0.5) is 0 Å². The van der Waals surface area contributed by atoms with Gasteiger partial charge in [0.1, 0.15) is 11.9 Å². The minimum atomic E-state index is 0.0728. The highest BCUT2D eigenvalue weighted by Crippen LogP contribution is 2.39. The third-order valence-electron chi connectivity index (χ3n) is 3.64. The summed E-state index contributed by atoms with van der Waals surface area (Å²) < 4.78 is 6.00. The van der Waals surface area contributed by atoms with Gasteiger partial charge in [0.2, 0.25) is 0 Å². The quantitative estimate of drug-likeness (QED) is 0.909. The van der Waals surface area contributed by atoms with E-state index >= 15 is 0 Å². The van der Waals surface area contributed by atoms with Gasteiger partial charge in [0.15, 0.2) is 0 Å². The summed E-state index contributed by atoms with van der Waals surface area (Å²) in [6.45, 7) is 6.56. The Morgan fingerprint density at radius 1 is 1.30 bits per heavy atom. The van der Waals surface area contributed by atoms with Gasteiger partial charge in [-0.3, -0.25) is 4.98 Å². The molecule has 0 bridgehead atoms. The standard InChI is InChI=1S/C16H19N3O/c1-9-4-12-6-13(7-17)20-16(12)14(5-9)15-11(3)18-8-10(2)19-15/h4-5,8,13H,6-7,17H2,1-3H3/t13-/m1/s1. The summed E-state index contributed by atoms with van der Waals surface area (Å²) in [4.78, 5) is 9.05. The zero-order valence-electron chi connectivity index (χ0n) is 12.1. The topological polar surface area (TPSA) is 61.0 Å². The molecular formula is C16H19N3O. The summed E-state index contributed by atoms with van der Waals surface area (Å²) >= 11 is 0. The Morgan fingerprint density at radius 2 is 2.10 bits per heavy atom. The number of hydrogen-bond acceptors (Lipinski definition) is 4. The lowest BCUT2D eigenvalue weighted by Gasteiger charge is -2.13. The second kappa shape index (κ2) is 4.87. The number of benzene rings is 1. The maximum atomic E-state index is 6.00. The van der Waals surface area contributed by atoms with Gasteiger partial charge in [-0.25, -0.2) is 4.98 Å². The number of aromatic nitrogens is 2. The van der Waals surface area contributed by atoms with E-state index in [1.54, 1.807) is 6.20 Å². The molecule has 1 aliphatic rings. The average molecular weight is 269 g/mol. The van der Waals surface area contributed by atoms with Crippen LogP contribution in [0, 0.1) is 20.8 Å². The monoisotopic (exact) mass is 269 g/mol. The van der Waals surface area contributed by atoms with Crippen LogP contribution in [-0.2, 0) is 6.42 Å². The van der Waals surface area contributed by atoms with Crippen LogP contribution in [0.3, 0.4) is 0 Å². The summed E-state index contributed by atoms with van der Waals surface area (Å²) in [5.74, 6) is 0.925. The van der Waals surface area contributed by atoms with E-state index < -0.39 is 0 Å². The Balaban J connectivity index is 2.18. The van der Waals surface area contributed by atoms with E-state index in [1.807, 2.05) is 13.8 Å². The first-order valence-electron chi connectivity index (χ1n) is 6.89. The van der Waals surface area contributed by atoms with Crippen LogP contribution < -0.4 is 10.5 Å². The normalized spacial score (nSPS) is 16.9. The Bertz CT molecular complexity index is 667. The van der Waals surface area contributed by atoms with E-state index in [-0.39, 0.29) is 6.10 Å². The molecule has 2 aromatic rings. The van der Waals surface area contributed by atoms with Crippen LogP contribution in [0.5, 0.6) is 5.75 Å². The van der Waals surface area contributed by atoms with Crippen LogP contribution in [0.2, 0.25) is 0 Å². The van der Waals surface area contributed by atoms with Gasteiger partial charge in [0.05, 0.1) is 17.1 Å². The Kier molecular flexibility index (Phi) is 3.18. The van der Waals surface area contributed by atoms with Crippen LogP contribution in [-0.4, -0.2) is 22.6 Å². The molecule has 0 saturated carbocycles. The first-order chi connectivity index (χ1) is 9.58. The Hall–Kier alpha value is -1.94. The highest BCUT2D eigenvalue weighted by atomic mass is 16.5. The molecule has 0 fully saturated rings. The van der Waals surface area contributed by atoms with Crippen molar-refractivity contribution in [3.05, 3.63) is 40.8 Å². The smallest absolute Gasteiger partial charge is 0.132 e. The maximum absolute atomic E-state index is 6.00. The summed E-state index contributed by atoms with van der Waals surface area (Å²) in [6, 6.07) is 4.29. The molecule has 4 heteroatoms. The van der Waals surface area contributed by atoms with Crippen molar-refractivity contribution in [2.75, 3.05) is 6.54 Å². The van der Waals surface area contributed by atoms with Crippen molar-refractivity contribution in [1.82, 2.24) is 9.97 Å². The number of aryl methyl sites for hydroxylation is 3. The van der Waals surface area contributed by atoms with Crippen molar-refractivity contribution < 1.29 is 4.74 Å². The second-order valence-electron chi connectivity index (χ2n) is 5.43. The number of hydrogen-bond donors (Lipinski definition) is 1. The summed E-state index contributed by atoms with van der Waals surface area (Å²) in [5.41, 5.74) is 11.9. The molecule has 0 saturated heterocycles. The summed E-state index contributed by atoms with van der Waals surface area (Å²) in [7, 11) is 0. The van der Waals surface area contributed by atoms with E-state index in [0.29, 0.717) is 6.54 Å². The zero-order valence-corrected chi connectivity index (χ0v) is 12.1. The highest BCUT2D eigenvalue weighted by Gasteiger charge is 2.26. The van der Waals surface area contributed by atoms with E-state index in [4.69, 9.17) is 10.5 Å². The van der Waals surface area contributed by atoms with E-state index in [0.717, 1.165) is 34.8 Å². The van der Waals surface area contributed by atoms with Gasteiger partial charge in [0.25, 0.3) is 0 Å². The van der Waals surface area contributed by atoms with Crippen molar-refractivity contribution in [3.8, 4) is 17.0 Å². The predicted octanol–water partition coefficient (Wildman–Crippen LogP) is 2.33. The number of rotatable bonds is 2. The Morgan fingerprint density at radius 3 is 2.85 bits per heavy atom. The molecule has 20 heavy (non-hydrogen) atoms. The first-order valence-corrected chi connectivity index (χ1v) is 6.89.